The lowest BCUT2D eigenvalue weighted by Crippen LogP contribution is -2.56. The lowest BCUT2D eigenvalue weighted by atomic mass is 9.40. The Kier molecular flexibility index (Phi) is 8.33. The molecule has 0 amide bonds. The summed E-state index contributed by atoms with van der Waals surface area (Å²) in [5, 5.41) is 9.77. The fourth-order valence-corrected chi connectivity index (χ4v) is 8.45. The Balaban J connectivity index is 2.09. The first-order valence-electron chi connectivity index (χ1n) is 14.3. The van der Waals surface area contributed by atoms with E-state index in [4.69, 9.17) is 0 Å². The van der Waals surface area contributed by atoms with E-state index in [2.05, 4.69) is 60.6 Å². The molecule has 2 fully saturated rings. The van der Waals surface area contributed by atoms with Crippen LogP contribution in [0.15, 0.2) is 46.8 Å². The molecule has 0 aromatic heterocycles. The van der Waals surface area contributed by atoms with Crippen molar-refractivity contribution in [3.63, 3.8) is 0 Å². The molecule has 3 rings (SSSR count). The van der Waals surface area contributed by atoms with E-state index in [1.165, 1.54) is 12.0 Å². The molecule has 1 N–H and O–H groups in total. The first-order valence-corrected chi connectivity index (χ1v) is 14.3. The van der Waals surface area contributed by atoms with Crippen LogP contribution >= 0.6 is 0 Å². The number of aldehydes is 1. The zero-order valence-electron chi connectivity index (χ0n) is 24.2. The molecule has 200 valence electrons. The van der Waals surface area contributed by atoms with Crippen molar-refractivity contribution < 1.29 is 14.7 Å². The van der Waals surface area contributed by atoms with Gasteiger partial charge in [0.25, 0.3) is 0 Å². The summed E-state index contributed by atoms with van der Waals surface area (Å²) in [5.74, 6) is 1.60. The molecule has 3 aliphatic carbocycles. The number of carbonyl (C=O) groups is 2. The van der Waals surface area contributed by atoms with E-state index in [0.29, 0.717) is 30.5 Å². The van der Waals surface area contributed by atoms with E-state index in [9.17, 15) is 14.7 Å². The molecule has 0 saturated heterocycles. The van der Waals surface area contributed by atoms with Gasteiger partial charge in [-0.3, -0.25) is 9.59 Å². The van der Waals surface area contributed by atoms with Gasteiger partial charge >= 0.3 is 0 Å². The van der Waals surface area contributed by atoms with Crippen molar-refractivity contribution >= 4 is 12.1 Å². The molecule has 0 aromatic carbocycles. The van der Waals surface area contributed by atoms with E-state index >= 15 is 0 Å². The zero-order chi connectivity index (χ0) is 26.9. The monoisotopic (exact) mass is 494 g/mol. The van der Waals surface area contributed by atoms with Gasteiger partial charge in [-0.1, -0.05) is 66.2 Å². The normalized spacial score (nSPS) is 40.3. The van der Waals surface area contributed by atoms with E-state index in [1.54, 1.807) is 6.08 Å². The number of carbonyl (C=O) groups excluding carboxylic acids is 2. The standard InChI is InChI=1S/C33H50O3/c1-9-11-25(36)20-30(5)16-14-23(3)28(21-30)33(8)18-17-31(6)27(15-19-34)26(24(4)22-35)12-13-29(31)32(33,7)10-2/h12-13,15,19,22-23,28,35H,9-11,14,16-18,20-21H2,1-8H3/b24-22+,27-15+/t23-,28-,30+,31+,32-,33+/m1/s1. The SMILES string of the molecule is CCCC(=O)C[C@]1(C)CC[C@@H](C)[C@H]([C@]2(C)CC[C@]3(C)C(=CC=C(/C(C)=C/O)/C3=C\C=O)[C@@]2(C)CC)C1. The van der Waals surface area contributed by atoms with Crippen LogP contribution < -0.4 is 0 Å². The quantitative estimate of drug-likeness (QED) is 0.208. The van der Waals surface area contributed by atoms with E-state index in [0.717, 1.165) is 67.8 Å². The van der Waals surface area contributed by atoms with Crippen LogP contribution in [0.5, 0.6) is 0 Å². The number of allylic oxidation sites excluding steroid dienone is 7. The van der Waals surface area contributed by atoms with Crippen LogP contribution in [0.1, 0.15) is 113 Å². The number of hydrogen-bond acceptors (Lipinski definition) is 3. The maximum absolute atomic E-state index is 12.7. The van der Waals surface area contributed by atoms with Gasteiger partial charge in [0.15, 0.2) is 0 Å². The Morgan fingerprint density at radius 1 is 1.11 bits per heavy atom. The summed E-state index contributed by atoms with van der Waals surface area (Å²) in [4.78, 5) is 24.5. The van der Waals surface area contributed by atoms with Gasteiger partial charge in [-0.25, -0.2) is 0 Å². The van der Waals surface area contributed by atoms with Crippen LogP contribution in [0, 0.1) is 33.5 Å². The molecular weight excluding hydrogens is 444 g/mol. The highest BCUT2D eigenvalue weighted by molar-refractivity contribution is 5.79. The number of rotatable bonds is 8. The van der Waals surface area contributed by atoms with Crippen LogP contribution in [0.4, 0.5) is 0 Å². The fraction of sp³-hybridized carbons (Fsp3) is 0.697. The van der Waals surface area contributed by atoms with Crippen LogP contribution in [0.3, 0.4) is 0 Å². The van der Waals surface area contributed by atoms with Crippen LogP contribution in [-0.2, 0) is 9.59 Å². The maximum atomic E-state index is 12.7. The van der Waals surface area contributed by atoms with Crippen LogP contribution in [0.2, 0.25) is 0 Å². The summed E-state index contributed by atoms with van der Waals surface area (Å²) in [5.41, 5.74) is 4.12. The van der Waals surface area contributed by atoms with Crippen molar-refractivity contribution in [2.45, 2.75) is 113 Å². The highest BCUT2D eigenvalue weighted by Crippen LogP contribution is 2.70. The molecule has 6 atom stereocenters. The number of hydrogen-bond donors (Lipinski definition) is 1. The molecule has 36 heavy (non-hydrogen) atoms. The molecule has 0 aromatic rings. The topological polar surface area (TPSA) is 54.4 Å². The van der Waals surface area contributed by atoms with Gasteiger partial charge < -0.3 is 5.11 Å². The average Bonchev–Trinajstić information content (AvgIpc) is 2.84. The van der Waals surface area contributed by atoms with Crippen LogP contribution in [0.25, 0.3) is 0 Å². The summed E-state index contributed by atoms with van der Waals surface area (Å²) in [6.07, 6.45) is 17.1. The second-order valence-corrected chi connectivity index (χ2v) is 13.2. The third-order valence-electron chi connectivity index (χ3n) is 11.0. The molecule has 3 heteroatoms. The highest BCUT2D eigenvalue weighted by atomic mass is 16.2. The first-order chi connectivity index (χ1) is 16.9. The largest absolute Gasteiger partial charge is 0.515 e. The molecule has 0 heterocycles. The van der Waals surface area contributed by atoms with Gasteiger partial charge in [-0.05, 0) is 103 Å². The van der Waals surface area contributed by atoms with Crippen molar-refractivity contribution in [1.29, 1.82) is 0 Å². The van der Waals surface area contributed by atoms with E-state index in [-0.39, 0.29) is 21.7 Å². The smallest absolute Gasteiger partial charge is 0.143 e. The van der Waals surface area contributed by atoms with Crippen molar-refractivity contribution in [2.24, 2.45) is 33.5 Å². The van der Waals surface area contributed by atoms with Gasteiger partial charge in [-0.2, -0.15) is 0 Å². The maximum Gasteiger partial charge on any atom is 0.143 e. The fourth-order valence-electron chi connectivity index (χ4n) is 8.45. The Hall–Kier alpha value is -1.90. The second kappa shape index (κ2) is 10.5. The predicted octanol–water partition coefficient (Wildman–Crippen LogP) is 8.86. The summed E-state index contributed by atoms with van der Waals surface area (Å²) >= 11 is 0. The number of Topliss-reactive ketones (excluding diaryl/α,β-unsaturated/α-hetero) is 1. The van der Waals surface area contributed by atoms with Gasteiger partial charge in [0.1, 0.15) is 12.1 Å². The number of ketones is 1. The summed E-state index contributed by atoms with van der Waals surface area (Å²) in [6, 6.07) is 0. The molecular formula is C33H50O3. The van der Waals surface area contributed by atoms with Gasteiger partial charge in [0, 0.05) is 18.3 Å². The predicted molar refractivity (Wildman–Crippen MR) is 150 cm³/mol. The number of aliphatic hydroxyl groups is 1. The summed E-state index contributed by atoms with van der Waals surface area (Å²) < 4.78 is 0. The molecule has 2 saturated carbocycles. The number of aliphatic hydroxyl groups excluding tert-OH is 1. The minimum Gasteiger partial charge on any atom is -0.515 e. The molecule has 0 radical (unpaired) electrons. The Morgan fingerprint density at radius 3 is 2.39 bits per heavy atom. The lowest BCUT2D eigenvalue weighted by Gasteiger charge is -2.64. The van der Waals surface area contributed by atoms with E-state index < -0.39 is 0 Å². The summed E-state index contributed by atoms with van der Waals surface area (Å²) in [7, 11) is 0. The van der Waals surface area contributed by atoms with Crippen LogP contribution in [-0.4, -0.2) is 17.2 Å². The Labute approximate surface area is 220 Å². The Bertz CT molecular complexity index is 996. The third kappa shape index (κ3) is 4.61. The van der Waals surface area contributed by atoms with Crippen molar-refractivity contribution in [1.82, 2.24) is 0 Å². The highest BCUT2D eigenvalue weighted by Gasteiger charge is 2.61. The molecule has 0 spiro atoms. The molecule has 3 aliphatic rings. The minimum atomic E-state index is -0.238. The lowest BCUT2D eigenvalue weighted by molar-refractivity contribution is -0.124. The number of fused-ring (bicyclic) bond motifs is 1. The van der Waals surface area contributed by atoms with Gasteiger partial charge in [0.2, 0.25) is 0 Å². The van der Waals surface area contributed by atoms with Gasteiger partial charge in [0.05, 0.1) is 6.26 Å². The Morgan fingerprint density at radius 2 is 1.81 bits per heavy atom. The van der Waals surface area contributed by atoms with Crippen molar-refractivity contribution in [3.05, 3.63) is 46.8 Å². The second-order valence-electron chi connectivity index (χ2n) is 13.2. The third-order valence-corrected chi connectivity index (χ3v) is 11.0. The summed E-state index contributed by atoms with van der Waals surface area (Å²) in [6.45, 7) is 18.4. The average molecular weight is 495 g/mol. The van der Waals surface area contributed by atoms with Crippen molar-refractivity contribution in [3.8, 4) is 0 Å². The minimum absolute atomic E-state index is 0.0363. The molecule has 0 unspecified atom stereocenters. The van der Waals surface area contributed by atoms with Crippen molar-refractivity contribution in [2.75, 3.05) is 0 Å². The van der Waals surface area contributed by atoms with E-state index in [1.807, 2.05) is 6.92 Å². The van der Waals surface area contributed by atoms with Gasteiger partial charge in [-0.15, -0.1) is 0 Å². The molecule has 0 aliphatic heterocycles. The molecule has 3 nitrogen and oxygen atoms in total. The zero-order valence-corrected chi connectivity index (χ0v) is 24.2. The first kappa shape index (κ1) is 28.7. The molecule has 0 bridgehead atoms.